The van der Waals surface area contributed by atoms with E-state index in [0.29, 0.717) is 29.4 Å². The molecule has 3 aromatic rings. The Bertz CT molecular complexity index is 1010. The number of likely N-dealkylation sites (tertiary alicyclic amines) is 1. The van der Waals surface area contributed by atoms with E-state index in [2.05, 4.69) is 26.2 Å². The average Bonchev–Trinajstić information content (AvgIpc) is 3.42. The maximum atomic E-state index is 12.8. The maximum Gasteiger partial charge on any atom is 0.322 e. The largest absolute Gasteiger partial charge is 0.324 e. The van der Waals surface area contributed by atoms with Crippen molar-refractivity contribution in [3.63, 3.8) is 0 Å². The van der Waals surface area contributed by atoms with Crippen molar-refractivity contribution in [2.24, 2.45) is 0 Å². The highest BCUT2D eigenvalue weighted by Crippen LogP contribution is 2.24. The van der Waals surface area contributed by atoms with E-state index in [4.69, 9.17) is 11.6 Å². The van der Waals surface area contributed by atoms with Crippen LogP contribution in [0.25, 0.3) is 5.69 Å². The van der Waals surface area contributed by atoms with Crippen molar-refractivity contribution in [2.45, 2.75) is 18.9 Å². The van der Waals surface area contributed by atoms with E-state index >= 15 is 0 Å². The number of nitrogens with one attached hydrogen (secondary N) is 2. The van der Waals surface area contributed by atoms with Gasteiger partial charge in [0.25, 0.3) is 0 Å². The van der Waals surface area contributed by atoms with Crippen molar-refractivity contribution in [1.29, 1.82) is 0 Å². The highest BCUT2D eigenvalue weighted by atomic mass is 35.5. The van der Waals surface area contributed by atoms with Crippen LogP contribution in [0.2, 0.25) is 5.02 Å². The zero-order chi connectivity index (χ0) is 20.2. The number of para-hydroxylation sites is 1. The number of carbonyl (C=O) groups excluding carboxylic acids is 2. The number of halogens is 1. The van der Waals surface area contributed by atoms with Crippen LogP contribution in [0.5, 0.6) is 0 Å². The molecule has 9 nitrogen and oxygen atoms in total. The lowest BCUT2D eigenvalue weighted by Crippen LogP contribution is -2.45. The van der Waals surface area contributed by atoms with Gasteiger partial charge in [0.05, 0.1) is 16.4 Å². The monoisotopic (exact) mass is 411 g/mol. The molecule has 2 aromatic carbocycles. The van der Waals surface area contributed by atoms with Gasteiger partial charge in [-0.05, 0) is 59.7 Å². The first-order valence-electron chi connectivity index (χ1n) is 9.08. The molecular weight excluding hydrogens is 394 g/mol. The molecule has 1 aliphatic rings. The zero-order valence-corrected chi connectivity index (χ0v) is 16.1. The smallest absolute Gasteiger partial charge is 0.322 e. The van der Waals surface area contributed by atoms with Crippen molar-refractivity contribution < 1.29 is 9.59 Å². The highest BCUT2D eigenvalue weighted by Gasteiger charge is 2.34. The fourth-order valence-electron chi connectivity index (χ4n) is 3.23. The van der Waals surface area contributed by atoms with Gasteiger partial charge in [0, 0.05) is 12.2 Å². The van der Waals surface area contributed by atoms with Crippen molar-refractivity contribution >= 4 is 34.9 Å². The average molecular weight is 412 g/mol. The summed E-state index contributed by atoms with van der Waals surface area (Å²) in [6.07, 6.45) is 2.85. The SMILES string of the molecule is O=C(Nc1ccc(-n2cnnn2)cc1)[C@H]1CCCN1C(=O)Nc1ccccc1Cl. The minimum Gasteiger partial charge on any atom is -0.324 e. The number of urea groups is 1. The molecule has 3 amide bonds. The molecule has 2 heterocycles. The minimum absolute atomic E-state index is 0.230. The van der Waals surface area contributed by atoms with E-state index in [1.807, 2.05) is 0 Å². The van der Waals surface area contributed by atoms with Gasteiger partial charge < -0.3 is 15.5 Å². The summed E-state index contributed by atoms with van der Waals surface area (Å²) in [5.41, 5.74) is 1.92. The molecule has 0 unspecified atom stereocenters. The Balaban J connectivity index is 1.41. The number of hydrogen-bond acceptors (Lipinski definition) is 5. The van der Waals surface area contributed by atoms with Gasteiger partial charge >= 0.3 is 6.03 Å². The van der Waals surface area contributed by atoms with Gasteiger partial charge in [0.2, 0.25) is 5.91 Å². The lowest BCUT2D eigenvalue weighted by Gasteiger charge is -2.24. The molecule has 10 heteroatoms. The molecule has 29 heavy (non-hydrogen) atoms. The van der Waals surface area contributed by atoms with Crippen LogP contribution in [0.15, 0.2) is 54.9 Å². The van der Waals surface area contributed by atoms with Gasteiger partial charge in [0.15, 0.2) is 0 Å². The summed E-state index contributed by atoms with van der Waals surface area (Å²) in [5.74, 6) is -0.230. The Morgan fingerprint density at radius 3 is 2.59 bits per heavy atom. The Morgan fingerprint density at radius 2 is 1.86 bits per heavy atom. The number of amides is 3. The lowest BCUT2D eigenvalue weighted by molar-refractivity contribution is -0.119. The van der Waals surface area contributed by atoms with Gasteiger partial charge in [-0.3, -0.25) is 4.79 Å². The van der Waals surface area contributed by atoms with Crippen LogP contribution >= 0.6 is 11.6 Å². The van der Waals surface area contributed by atoms with Gasteiger partial charge in [-0.1, -0.05) is 23.7 Å². The third kappa shape index (κ3) is 4.19. The van der Waals surface area contributed by atoms with Gasteiger partial charge in [-0.25, -0.2) is 9.48 Å². The van der Waals surface area contributed by atoms with E-state index in [1.54, 1.807) is 48.5 Å². The fraction of sp³-hybridized carbons (Fsp3) is 0.211. The maximum absolute atomic E-state index is 12.8. The Hall–Kier alpha value is -3.46. The summed E-state index contributed by atoms with van der Waals surface area (Å²) in [6, 6.07) is 13.2. The number of aromatic nitrogens is 4. The quantitative estimate of drug-likeness (QED) is 0.686. The third-order valence-corrected chi connectivity index (χ3v) is 5.01. The van der Waals surface area contributed by atoms with Crippen molar-refractivity contribution in [3.05, 3.63) is 59.9 Å². The number of tetrazole rings is 1. The van der Waals surface area contributed by atoms with Crippen molar-refractivity contribution in [1.82, 2.24) is 25.1 Å². The van der Waals surface area contributed by atoms with E-state index in [0.717, 1.165) is 12.1 Å². The van der Waals surface area contributed by atoms with Crippen LogP contribution < -0.4 is 10.6 Å². The molecule has 0 spiro atoms. The van der Waals surface area contributed by atoms with E-state index < -0.39 is 6.04 Å². The molecule has 0 saturated carbocycles. The molecule has 1 fully saturated rings. The highest BCUT2D eigenvalue weighted by molar-refractivity contribution is 6.33. The molecule has 1 saturated heterocycles. The van der Waals surface area contributed by atoms with E-state index in [1.165, 1.54) is 15.9 Å². The number of benzene rings is 2. The number of anilines is 2. The number of rotatable bonds is 4. The molecule has 1 atom stereocenters. The predicted molar refractivity (Wildman–Crippen MR) is 108 cm³/mol. The minimum atomic E-state index is -0.545. The first-order chi connectivity index (χ1) is 14.1. The van der Waals surface area contributed by atoms with Crippen LogP contribution in [-0.2, 0) is 4.79 Å². The van der Waals surface area contributed by atoms with E-state index in [9.17, 15) is 9.59 Å². The predicted octanol–water partition coefficient (Wildman–Crippen LogP) is 2.95. The first-order valence-corrected chi connectivity index (χ1v) is 9.46. The molecule has 4 rings (SSSR count). The van der Waals surface area contributed by atoms with Gasteiger partial charge in [0.1, 0.15) is 12.4 Å². The molecule has 1 aliphatic heterocycles. The second-order valence-electron chi connectivity index (χ2n) is 6.55. The summed E-state index contributed by atoms with van der Waals surface area (Å²) in [7, 11) is 0. The first kappa shape index (κ1) is 18.9. The van der Waals surface area contributed by atoms with Crippen molar-refractivity contribution in [3.8, 4) is 5.69 Å². The molecule has 0 aliphatic carbocycles. The van der Waals surface area contributed by atoms with Crippen LogP contribution in [0.3, 0.4) is 0 Å². The standard InChI is InChI=1S/C19H18ClN7O2/c20-15-4-1-2-5-16(15)23-19(29)26-11-3-6-17(26)18(28)22-13-7-9-14(10-8-13)27-12-21-24-25-27/h1-2,4-5,7-10,12,17H,3,6,11H2,(H,22,28)(H,23,29)/t17-/m1/s1. The lowest BCUT2D eigenvalue weighted by atomic mass is 10.2. The number of nitrogens with zero attached hydrogens (tertiary/aromatic N) is 5. The van der Waals surface area contributed by atoms with Crippen LogP contribution in [-0.4, -0.2) is 49.6 Å². The third-order valence-electron chi connectivity index (χ3n) is 4.68. The van der Waals surface area contributed by atoms with E-state index in [-0.39, 0.29) is 11.9 Å². The topological polar surface area (TPSA) is 105 Å². The summed E-state index contributed by atoms with van der Waals surface area (Å²) in [6.45, 7) is 0.507. The zero-order valence-electron chi connectivity index (χ0n) is 15.3. The molecule has 0 bridgehead atoms. The van der Waals surface area contributed by atoms with Crippen LogP contribution in [0.4, 0.5) is 16.2 Å². The number of carbonyl (C=O) groups is 2. The normalized spacial score (nSPS) is 15.9. The summed E-state index contributed by atoms with van der Waals surface area (Å²) >= 11 is 6.10. The molecule has 0 radical (unpaired) electrons. The number of hydrogen-bond donors (Lipinski definition) is 2. The fourth-order valence-corrected chi connectivity index (χ4v) is 3.42. The second-order valence-corrected chi connectivity index (χ2v) is 6.96. The van der Waals surface area contributed by atoms with Crippen molar-refractivity contribution in [2.75, 3.05) is 17.2 Å². The Kier molecular flexibility index (Phi) is 5.39. The van der Waals surface area contributed by atoms with Gasteiger partial charge in [-0.2, -0.15) is 0 Å². The second kappa shape index (κ2) is 8.27. The molecule has 1 aromatic heterocycles. The molecule has 2 N–H and O–H groups in total. The summed E-state index contributed by atoms with van der Waals surface area (Å²) in [4.78, 5) is 27.0. The Morgan fingerprint density at radius 1 is 1.07 bits per heavy atom. The van der Waals surface area contributed by atoms with Crippen LogP contribution in [0.1, 0.15) is 12.8 Å². The summed E-state index contributed by atoms with van der Waals surface area (Å²) < 4.78 is 1.52. The molecule has 148 valence electrons. The summed E-state index contributed by atoms with van der Waals surface area (Å²) in [5, 5.41) is 17.1. The van der Waals surface area contributed by atoms with Gasteiger partial charge in [-0.15, -0.1) is 5.10 Å². The molecular formula is C19H18ClN7O2. The Labute approximate surface area is 171 Å². The van der Waals surface area contributed by atoms with Crippen LogP contribution in [0, 0.1) is 0 Å².